The Hall–Kier alpha value is -0.681. The first-order valence-electron chi connectivity index (χ1n) is 10.5. The van der Waals surface area contributed by atoms with E-state index in [1.807, 2.05) is 0 Å². The van der Waals surface area contributed by atoms with Crippen LogP contribution < -0.4 is 21.2 Å². The molecule has 0 bridgehead atoms. The summed E-state index contributed by atoms with van der Waals surface area (Å²) in [5.74, 6) is 0. The molecule has 31 heavy (non-hydrogen) atoms. The van der Waals surface area contributed by atoms with E-state index in [0.717, 1.165) is 0 Å². The van der Waals surface area contributed by atoms with Gasteiger partial charge in [-0.1, -0.05) is 0 Å². The molecule has 0 aliphatic carbocycles. The van der Waals surface area contributed by atoms with Gasteiger partial charge in [-0.15, -0.1) is 0 Å². The quantitative estimate of drug-likeness (QED) is 0.186. The van der Waals surface area contributed by atoms with Crippen LogP contribution in [0.4, 0.5) is 0 Å². The van der Waals surface area contributed by atoms with Gasteiger partial charge in [0.25, 0.3) is 0 Å². The van der Waals surface area contributed by atoms with Crippen molar-refractivity contribution in [3.8, 4) is 0 Å². The van der Waals surface area contributed by atoms with Gasteiger partial charge in [-0.05, 0) is 0 Å². The summed E-state index contributed by atoms with van der Waals surface area (Å²) in [6, 6.07) is 44.8. The predicted octanol–water partition coefficient (Wildman–Crippen LogP) is 4.88. The Kier molecular flexibility index (Phi) is 8.30. The van der Waals surface area contributed by atoms with E-state index in [1.54, 1.807) is 0 Å². The van der Waals surface area contributed by atoms with Crippen LogP contribution in [-0.2, 0) is 0 Å². The van der Waals surface area contributed by atoms with Gasteiger partial charge in [-0.2, -0.15) is 0 Å². The molecule has 0 fully saturated rings. The molecule has 0 saturated heterocycles. The second kappa shape index (κ2) is 11.0. The summed E-state index contributed by atoms with van der Waals surface area (Å²) in [5, 5.41) is 6.08. The van der Waals surface area contributed by atoms with Gasteiger partial charge in [0.2, 0.25) is 0 Å². The standard InChI is InChI=1S/C27H26P2Te2/c30-28(24-14-5-1-6-15-24,25-16-7-2-8-17-25)22-13-23-29(31,26-18-9-3-10-19-26)27-20-11-4-12-21-27/h1-12,14-21H,13,22-23H2. The Morgan fingerprint density at radius 2 is 0.613 bits per heavy atom. The van der Waals surface area contributed by atoms with Gasteiger partial charge in [0.1, 0.15) is 0 Å². The molecule has 0 N–H and O–H groups in total. The molecular formula is C27H26P2Te2. The van der Waals surface area contributed by atoms with Gasteiger partial charge in [0.15, 0.2) is 0 Å². The van der Waals surface area contributed by atoms with Crippen molar-refractivity contribution < 1.29 is 0 Å². The van der Waals surface area contributed by atoms with Crippen LogP contribution in [-0.4, -0.2) is 54.8 Å². The van der Waals surface area contributed by atoms with Crippen LogP contribution in [0.15, 0.2) is 121 Å². The third kappa shape index (κ3) is 5.46. The van der Waals surface area contributed by atoms with E-state index in [1.165, 1.54) is 40.0 Å². The van der Waals surface area contributed by atoms with Gasteiger partial charge in [-0.3, -0.25) is 0 Å². The topological polar surface area (TPSA) is 0 Å². The first-order valence-corrected chi connectivity index (χ1v) is 20.6. The fourth-order valence-corrected chi connectivity index (χ4v) is 16.1. The molecule has 0 saturated carbocycles. The van der Waals surface area contributed by atoms with Crippen molar-refractivity contribution in [2.45, 2.75) is 6.42 Å². The van der Waals surface area contributed by atoms with Gasteiger partial charge in [0, 0.05) is 0 Å². The average Bonchev–Trinajstić information content (AvgIpc) is 2.86. The van der Waals surface area contributed by atoms with Crippen molar-refractivity contribution in [2.75, 3.05) is 12.3 Å². The van der Waals surface area contributed by atoms with Gasteiger partial charge >= 0.3 is 213 Å². The Morgan fingerprint density at radius 3 is 0.839 bits per heavy atom. The van der Waals surface area contributed by atoms with Crippen LogP contribution in [0, 0.1) is 0 Å². The fourth-order valence-electron chi connectivity index (χ4n) is 4.01. The molecule has 0 amide bonds. The molecule has 156 valence electrons. The summed E-state index contributed by atoms with van der Waals surface area (Å²) in [5.41, 5.74) is 0. The second-order valence-corrected chi connectivity index (χ2v) is 24.2. The average molecular weight is 668 g/mol. The van der Waals surface area contributed by atoms with Crippen molar-refractivity contribution in [1.82, 2.24) is 0 Å². The zero-order valence-electron chi connectivity index (χ0n) is 17.4. The Balaban J connectivity index is 1.66. The van der Waals surface area contributed by atoms with Crippen LogP contribution >= 0.6 is 8.98 Å². The molecule has 4 aromatic carbocycles. The molecule has 0 aromatic heterocycles. The number of hydrogen-bond acceptors (Lipinski definition) is 0. The zero-order chi connectivity index (χ0) is 21.6. The van der Waals surface area contributed by atoms with E-state index in [4.69, 9.17) is 0 Å². The van der Waals surface area contributed by atoms with E-state index in [0.29, 0.717) is 0 Å². The monoisotopic (exact) mass is 672 g/mol. The summed E-state index contributed by atoms with van der Waals surface area (Å²) in [4.78, 5) is 0. The molecule has 0 heterocycles. The Bertz CT molecular complexity index is 1010. The normalized spacial score (nSPS) is 11.9. The predicted molar refractivity (Wildman–Crippen MR) is 144 cm³/mol. The van der Waals surface area contributed by atoms with Crippen molar-refractivity contribution in [2.24, 2.45) is 0 Å². The van der Waals surface area contributed by atoms with E-state index < -0.39 is 8.98 Å². The SMILES string of the molecule is [Te]=P(CCCP(=[Te])(c1ccccc1)c1ccccc1)(c1ccccc1)c1ccccc1. The Labute approximate surface area is 211 Å². The zero-order valence-corrected chi connectivity index (χ0v) is 23.8. The van der Waals surface area contributed by atoms with E-state index in [9.17, 15) is 0 Å². The summed E-state index contributed by atoms with van der Waals surface area (Å²) in [6.45, 7) is 0. The maximum absolute atomic E-state index is 2.43. The summed E-state index contributed by atoms with van der Waals surface area (Å²) in [6.07, 6.45) is 3.75. The fraction of sp³-hybridized carbons (Fsp3) is 0.111. The molecule has 4 heteroatoms. The number of hydrogen-bond donors (Lipinski definition) is 0. The van der Waals surface area contributed by atoms with Crippen LogP contribution in [0.3, 0.4) is 0 Å². The third-order valence-electron chi connectivity index (χ3n) is 5.64. The minimum atomic E-state index is -1.41. The van der Waals surface area contributed by atoms with Crippen LogP contribution in [0.5, 0.6) is 0 Å². The molecule has 0 nitrogen and oxygen atoms in total. The van der Waals surface area contributed by atoms with Gasteiger partial charge in [0.05, 0.1) is 0 Å². The van der Waals surface area contributed by atoms with Gasteiger partial charge in [-0.25, -0.2) is 0 Å². The summed E-state index contributed by atoms with van der Waals surface area (Å²) in [7, 11) is 0. The first-order chi connectivity index (χ1) is 15.1. The molecule has 4 aromatic rings. The van der Waals surface area contributed by atoms with E-state index in [2.05, 4.69) is 164 Å². The molecular weight excluding hydrogens is 641 g/mol. The second-order valence-electron chi connectivity index (χ2n) is 7.62. The van der Waals surface area contributed by atoms with Crippen LogP contribution in [0.25, 0.3) is 0 Å². The van der Waals surface area contributed by atoms with Crippen molar-refractivity contribution >= 4 is 72.7 Å². The van der Waals surface area contributed by atoms with Crippen LogP contribution in [0.2, 0.25) is 0 Å². The van der Waals surface area contributed by atoms with Crippen molar-refractivity contribution in [3.05, 3.63) is 121 Å². The first kappa shape index (κ1) is 23.5. The summed E-state index contributed by atoms with van der Waals surface area (Å²) >= 11 is 4.86. The van der Waals surface area contributed by atoms with E-state index >= 15 is 0 Å². The van der Waals surface area contributed by atoms with E-state index in [-0.39, 0.29) is 0 Å². The summed E-state index contributed by atoms with van der Waals surface area (Å²) < 4.78 is -2.83. The molecule has 0 radical (unpaired) electrons. The number of benzene rings is 4. The van der Waals surface area contributed by atoms with Gasteiger partial charge < -0.3 is 0 Å². The third-order valence-corrected chi connectivity index (χ3v) is 22.4. The molecule has 0 aliphatic rings. The molecule has 0 atom stereocenters. The van der Waals surface area contributed by atoms with Crippen molar-refractivity contribution in [3.63, 3.8) is 0 Å². The molecule has 4 rings (SSSR count). The van der Waals surface area contributed by atoms with Crippen molar-refractivity contribution in [1.29, 1.82) is 0 Å². The Morgan fingerprint density at radius 1 is 0.387 bits per heavy atom. The minimum absolute atomic E-state index is 1.24. The maximum atomic E-state index is 2.43. The number of rotatable bonds is 8. The molecule has 0 aliphatic heterocycles. The van der Waals surface area contributed by atoms with Crippen LogP contribution in [0.1, 0.15) is 6.42 Å². The molecule has 0 unspecified atom stereocenters. The molecule has 0 spiro atoms.